The van der Waals surface area contributed by atoms with Crippen LogP contribution in [0.1, 0.15) is 19.4 Å². The standard InChI is InChI=1S/C20H33N3O4S/c1-17(2)15-22(12-13-27-4)20(24)16-28(25,26)23-10-8-21(9-11-23)19-7-5-6-18(3)14-19/h5-7,14,17H,8-13,15-16H2,1-4H3. The van der Waals surface area contributed by atoms with Gasteiger partial charge in [0.05, 0.1) is 6.61 Å². The molecule has 1 aromatic rings. The van der Waals surface area contributed by atoms with Crippen LogP contribution in [0.3, 0.4) is 0 Å². The SMILES string of the molecule is COCCN(CC(C)C)C(=O)CS(=O)(=O)N1CCN(c2cccc(C)c2)CC1. The number of benzene rings is 1. The van der Waals surface area contributed by atoms with Gasteiger partial charge >= 0.3 is 0 Å². The molecule has 28 heavy (non-hydrogen) atoms. The highest BCUT2D eigenvalue weighted by Gasteiger charge is 2.31. The molecule has 1 fully saturated rings. The molecular formula is C20H33N3O4S. The summed E-state index contributed by atoms with van der Waals surface area (Å²) >= 11 is 0. The Bertz CT molecular complexity index is 744. The lowest BCUT2D eigenvalue weighted by molar-refractivity contribution is -0.129. The Morgan fingerprint density at radius 3 is 2.46 bits per heavy atom. The van der Waals surface area contributed by atoms with Gasteiger partial charge in [0.1, 0.15) is 5.75 Å². The summed E-state index contributed by atoms with van der Waals surface area (Å²) in [7, 11) is -2.06. The lowest BCUT2D eigenvalue weighted by atomic mass is 10.2. The first-order valence-electron chi connectivity index (χ1n) is 9.79. The van der Waals surface area contributed by atoms with Crippen LogP contribution in [0.15, 0.2) is 24.3 Å². The third-order valence-electron chi connectivity index (χ3n) is 4.81. The fraction of sp³-hybridized carbons (Fsp3) is 0.650. The van der Waals surface area contributed by atoms with Gasteiger partial charge in [-0.05, 0) is 30.5 Å². The molecule has 8 heteroatoms. The van der Waals surface area contributed by atoms with E-state index in [4.69, 9.17) is 4.74 Å². The quantitative estimate of drug-likeness (QED) is 0.617. The Kier molecular flexibility index (Phi) is 8.27. The van der Waals surface area contributed by atoms with Crippen molar-refractivity contribution in [2.45, 2.75) is 20.8 Å². The summed E-state index contributed by atoms with van der Waals surface area (Å²) in [6, 6.07) is 8.20. The van der Waals surface area contributed by atoms with Crippen LogP contribution in [-0.2, 0) is 19.6 Å². The Labute approximate surface area is 169 Å². The molecule has 0 spiro atoms. The number of amides is 1. The molecule has 158 valence electrons. The summed E-state index contributed by atoms with van der Waals surface area (Å²) < 4.78 is 32.1. The summed E-state index contributed by atoms with van der Waals surface area (Å²) in [6.07, 6.45) is 0. The Morgan fingerprint density at radius 2 is 1.89 bits per heavy atom. The van der Waals surface area contributed by atoms with E-state index < -0.39 is 15.8 Å². The fourth-order valence-corrected chi connectivity index (χ4v) is 4.74. The van der Waals surface area contributed by atoms with Crippen molar-refractivity contribution in [3.8, 4) is 0 Å². The van der Waals surface area contributed by atoms with Crippen molar-refractivity contribution in [1.82, 2.24) is 9.21 Å². The highest BCUT2D eigenvalue weighted by molar-refractivity contribution is 7.89. The first-order chi connectivity index (χ1) is 13.2. The Balaban J connectivity index is 1.96. The van der Waals surface area contributed by atoms with Gasteiger partial charge in [-0.1, -0.05) is 26.0 Å². The van der Waals surface area contributed by atoms with Crippen LogP contribution in [0.2, 0.25) is 0 Å². The van der Waals surface area contributed by atoms with Gasteiger partial charge in [0.15, 0.2) is 0 Å². The van der Waals surface area contributed by atoms with Crippen LogP contribution in [0.25, 0.3) is 0 Å². The lowest BCUT2D eigenvalue weighted by Crippen LogP contribution is -2.51. The van der Waals surface area contributed by atoms with Crippen molar-refractivity contribution in [2.75, 3.05) is 63.6 Å². The van der Waals surface area contributed by atoms with Crippen molar-refractivity contribution in [3.05, 3.63) is 29.8 Å². The number of carbonyl (C=O) groups is 1. The number of piperazine rings is 1. The predicted octanol–water partition coefficient (Wildman–Crippen LogP) is 1.58. The van der Waals surface area contributed by atoms with Gasteiger partial charge in [0.25, 0.3) is 0 Å². The normalized spacial score (nSPS) is 15.8. The molecule has 0 bridgehead atoms. The van der Waals surface area contributed by atoms with Crippen LogP contribution < -0.4 is 4.90 Å². The van der Waals surface area contributed by atoms with E-state index in [1.165, 1.54) is 9.87 Å². The molecule has 1 amide bonds. The van der Waals surface area contributed by atoms with Crippen LogP contribution in [-0.4, -0.2) is 82.3 Å². The molecular weight excluding hydrogens is 378 g/mol. The van der Waals surface area contributed by atoms with Crippen LogP contribution in [0.4, 0.5) is 5.69 Å². The summed E-state index contributed by atoms with van der Waals surface area (Å²) in [6.45, 7) is 9.42. The highest BCUT2D eigenvalue weighted by Crippen LogP contribution is 2.19. The summed E-state index contributed by atoms with van der Waals surface area (Å²) in [5.41, 5.74) is 2.29. The number of methoxy groups -OCH3 is 1. The van der Waals surface area contributed by atoms with E-state index in [0.29, 0.717) is 45.9 Å². The van der Waals surface area contributed by atoms with Gasteiger partial charge in [-0.3, -0.25) is 4.79 Å². The third kappa shape index (κ3) is 6.46. The molecule has 1 aliphatic heterocycles. The minimum Gasteiger partial charge on any atom is -0.383 e. The minimum absolute atomic E-state index is 0.265. The van der Waals surface area contributed by atoms with Crippen LogP contribution in [0, 0.1) is 12.8 Å². The maximum atomic E-state index is 12.8. The molecule has 0 unspecified atom stereocenters. The summed E-state index contributed by atoms with van der Waals surface area (Å²) in [4.78, 5) is 16.4. The zero-order valence-electron chi connectivity index (χ0n) is 17.4. The second-order valence-corrected chi connectivity index (χ2v) is 9.68. The maximum Gasteiger partial charge on any atom is 0.239 e. The number of sulfonamides is 1. The number of carbonyl (C=O) groups excluding carboxylic acids is 1. The second-order valence-electron chi connectivity index (χ2n) is 7.71. The number of hydrogen-bond acceptors (Lipinski definition) is 5. The van der Waals surface area contributed by atoms with Crippen molar-refractivity contribution < 1.29 is 17.9 Å². The second kappa shape index (κ2) is 10.2. The smallest absolute Gasteiger partial charge is 0.239 e. The molecule has 0 aliphatic carbocycles. The van der Waals surface area contributed by atoms with E-state index in [1.54, 1.807) is 12.0 Å². The largest absolute Gasteiger partial charge is 0.383 e. The third-order valence-corrected chi connectivity index (χ3v) is 6.57. The molecule has 1 heterocycles. The lowest BCUT2D eigenvalue weighted by Gasteiger charge is -2.35. The van der Waals surface area contributed by atoms with E-state index in [9.17, 15) is 13.2 Å². The van der Waals surface area contributed by atoms with Gasteiger partial charge in [0, 0.05) is 52.1 Å². The van der Waals surface area contributed by atoms with Gasteiger partial charge in [-0.2, -0.15) is 4.31 Å². The van der Waals surface area contributed by atoms with E-state index in [-0.39, 0.29) is 11.8 Å². The van der Waals surface area contributed by atoms with Crippen LogP contribution >= 0.6 is 0 Å². The number of hydrogen-bond donors (Lipinski definition) is 0. The van der Waals surface area contributed by atoms with Crippen molar-refractivity contribution in [3.63, 3.8) is 0 Å². The van der Waals surface area contributed by atoms with E-state index in [2.05, 4.69) is 11.0 Å². The van der Waals surface area contributed by atoms with Gasteiger partial charge in [0.2, 0.25) is 15.9 Å². The zero-order valence-corrected chi connectivity index (χ0v) is 18.2. The van der Waals surface area contributed by atoms with Gasteiger partial charge in [-0.15, -0.1) is 0 Å². The number of nitrogens with zero attached hydrogens (tertiary/aromatic N) is 3. The number of anilines is 1. The van der Waals surface area contributed by atoms with Crippen molar-refractivity contribution >= 4 is 21.6 Å². The van der Waals surface area contributed by atoms with Crippen molar-refractivity contribution in [2.24, 2.45) is 5.92 Å². The topological polar surface area (TPSA) is 70.2 Å². The Hall–Kier alpha value is -1.64. The summed E-state index contributed by atoms with van der Waals surface area (Å²) in [5.74, 6) is -0.568. The molecule has 1 aliphatic rings. The zero-order chi connectivity index (χ0) is 20.7. The maximum absolute atomic E-state index is 12.8. The molecule has 1 aromatic carbocycles. The number of aryl methyl sites for hydroxylation is 1. The highest BCUT2D eigenvalue weighted by atomic mass is 32.2. The molecule has 7 nitrogen and oxygen atoms in total. The molecule has 0 radical (unpaired) electrons. The molecule has 2 rings (SSSR count). The van der Waals surface area contributed by atoms with E-state index in [0.717, 1.165) is 5.69 Å². The monoisotopic (exact) mass is 411 g/mol. The first kappa shape index (κ1) is 22.6. The van der Waals surface area contributed by atoms with E-state index in [1.807, 2.05) is 39.0 Å². The molecule has 0 aromatic heterocycles. The molecule has 0 saturated carbocycles. The minimum atomic E-state index is -3.63. The predicted molar refractivity (Wildman–Crippen MR) is 112 cm³/mol. The van der Waals surface area contributed by atoms with Gasteiger partial charge in [-0.25, -0.2) is 8.42 Å². The molecule has 0 N–H and O–H groups in total. The number of rotatable bonds is 9. The first-order valence-corrected chi connectivity index (χ1v) is 11.4. The van der Waals surface area contributed by atoms with Gasteiger partial charge < -0.3 is 14.5 Å². The molecule has 1 saturated heterocycles. The summed E-state index contributed by atoms with van der Waals surface area (Å²) in [5, 5.41) is 0. The average Bonchev–Trinajstić information content (AvgIpc) is 2.64. The van der Waals surface area contributed by atoms with Crippen LogP contribution in [0.5, 0.6) is 0 Å². The number of ether oxygens (including phenoxy) is 1. The Morgan fingerprint density at radius 1 is 1.21 bits per heavy atom. The average molecular weight is 412 g/mol. The molecule has 0 atom stereocenters. The van der Waals surface area contributed by atoms with E-state index >= 15 is 0 Å². The fourth-order valence-electron chi connectivity index (χ4n) is 3.35. The van der Waals surface area contributed by atoms with Crippen molar-refractivity contribution in [1.29, 1.82) is 0 Å².